The van der Waals surface area contributed by atoms with Crippen LogP contribution in [0.15, 0.2) is 24.3 Å². The van der Waals surface area contributed by atoms with Crippen molar-refractivity contribution in [3.63, 3.8) is 0 Å². The van der Waals surface area contributed by atoms with Gasteiger partial charge in [0.05, 0.1) is 25.2 Å². The van der Waals surface area contributed by atoms with Crippen LogP contribution in [0.25, 0.3) is 0 Å². The first-order valence-electron chi connectivity index (χ1n) is 6.01. The first-order chi connectivity index (χ1) is 8.10. The van der Waals surface area contributed by atoms with Crippen molar-refractivity contribution < 1.29 is 9.84 Å². The van der Waals surface area contributed by atoms with Crippen LogP contribution in [0.3, 0.4) is 0 Å². The number of benzene rings is 1. The molecule has 0 saturated carbocycles. The van der Waals surface area contributed by atoms with Gasteiger partial charge in [-0.05, 0) is 32.1 Å². The third kappa shape index (κ3) is 2.10. The number of aliphatic hydroxyl groups is 1. The number of hydrogen-bond acceptors (Lipinski definition) is 3. The molecule has 1 fully saturated rings. The summed E-state index contributed by atoms with van der Waals surface area (Å²) in [5, 5.41) is 9.70. The van der Waals surface area contributed by atoms with Crippen molar-refractivity contribution in [3.05, 3.63) is 35.4 Å². The molecular weight excluding hydrogens is 214 g/mol. The van der Waals surface area contributed by atoms with Gasteiger partial charge in [0.1, 0.15) is 0 Å². The number of aliphatic hydroxyl groups excluding tert-OH is 1. The van der Waals surface area contributed by atoms with Gasteiger partial charge in [0.2, 0.25) is 0 Å². The van der Waals surface area contributed by atoms with Crippen molar-refractivity contribution >= 4 is 0 Å². The molecule has 3 nitrogen and oxygen atoms in total. The summed E-state index contributed by atoms with van der Waals surface area (Å²) in [5.74, 6) is 0. The largest absolute Gasteiger partial charge is 0.396 e. The van der Waals surface area contributed by atoms with Gasteiger partial charge in [0.15, 0.2) is 0 Å². The summed E-state index contributed by atoms with van der Waals surface area (Å²) in [6.07, 6.45) is 0. The van der Waals surface area contributed by atoms with E-state index in [1.54, 1.807) is 0 Å². The SMILES string of the molecule is Cc1ccccc1C(N(C)C)C1(CO)COC1. The molecule has 0 bridgehead atoms. The molecule has 1 aromatic rings. The fourth-order valence-electron chi connectivity index (χ4n) is 2.75. The van der Waals surface area contributed by atoms with E-state index in [4.69, 9.17) is 4.74 Å². The molecular formula is C14H21NO2. The molecule has 17 heavy (non-hydrogen) atoms. The second-order valence-electron chi connectivity index (χ2n) is 5.24. The molecule has 1 N–H and O–H groups in total. The Morgan fingerprint density at radius 2 is 2.00 bits per heavy atom. The van der Waals surface area contributed by atoms with Crippen LogP contribution in [0.2, 0.25) is 0 Å². The number of hydrogen-bond donors (Lipinski definition) is 1. The number of ether oxygens (including phenoxy) is 1. The minimum Gasteiger partial charge on any atom is -0.396 e. The molecule has 0 radical (unpaired) electrons. The number of aryl methyl sites for hydroxylation is 1. The van der Waals surface area contributed by atoms with Crippen molar-refractivity contribution in [1.82, 2.24) is 4.90 Å². The van der Waals surface area contributed by atoms with E-state index in [-0.39, 0.29) is 18.1 Å². The molecule has 0 aromatic heterocycles. The molecule has 1 heterocycles. The lowest BCUT2D eigenvalue weighted by molar-refractivity contribution is -0.172. The van der Waals surface area contributed by atoms with Crippen LogP contribution < -0.4 is 0 Å². The first kappa shape index (κ1) is 12.6. The molecule has 1 aliphatic rings. The second kappa shape index (κ2) is 4.77. The van der Waals surface area contributed by atoms with Crippen molar-refractivity contribution in [2.24, 2.45) is 5.41 Å². The highest BCUT2D eigenvalue weighted by molar-refractivity contribution is 5.31. The van der Waals surface area contributed by atoms with E-state index in [0.717, 1.165) is 0 Å². The summed E-state index contributed by atoms with van der Waals surface area (Å²) in [6, 6.07) is 8.59. The lowest BCUT2D eigenvalue weighted by Crippen LogP contribution is -2.54. The van der Waals surface area contributed by atoms with Gasteiger partial charge in [-0.25, -0.2) is 0 Å². The molecule has 1 aromatic carbocycles. The van der Waals surface area contributed by atoms with E-state index >= 15 is 0 Å². The molecule has 1 saturated heterocycles. The Morgan fingerprint density at radius 1 is 1.35 bits per heavy atom. The average molecular weight is 235 g/mol. The minimum absolute atomic E-state index is 0.143. The Balaban J connectivity index is 2.39. The highest BCUT2D eigenvalue weighted by Gasteiger charge is 2.47. The molecule has 94 valence electrons. The second-order valence-corrected chi connectivity index (χ2v) is 5.24. The molecule has 0 amide bonds. The molecule has 2 rings (SSSR count). The van der Waals surface area contributed by atoms with Crippen LogP contribution in [-0.2, 0) is 4.74 Å². The molecule has 1 aliphatic heterocycles. The van der Waals surface area contributed by atoms with E-state index in [2.05, 4.69) is 50.2 Å². The lowest BCUT2D eigenvalue weighted by atomic mass is 9.74. The molecule has 0 aliphatic carbocycles. The van der Waals surface area contributed by atoms with Crippen LogP contribution >= 0.6 is 0 Å². The topological polar surface area (TPSA) is 32.7 Å². The fourth-order valence-corrected chi connectivity index (χ4v) is 2.75. The van der Waals surface area contributed by atoms with Crippen molar-refractivity contribution in [1.29, 1.82) is 0 Å². The van der Waals surface area contributed by atoms with Gasteiger partial charge in [-0.15, -0.1) is 0 Å². The molecule has 1 atom stereocenters. The third-order valence-corrected chi connectivity index (χ3v) is 3.67. The Hall–Kier alpha value is -0.900. The van der Waals surface area contributed by atoms with Crippen molar-refractivity contribution in [2.75, 3.05) is 33.9 Å². The summed E-state index contributed by atoms with van der Waals surface area (Å²) in [6.45, 7) is 3.57. The fraction of sp³-hybridized carbons (Fsp3) is 0.571. The molecule has 3 heteroatoms. The van der Waals surface area contributed by atoms with E-state index in [9.17, 15) is 5.11 Å². The van der Waals surface area contributed by atoms with E-state index < -0.39 is 0 Å². The van der Waals surface area contributed by atoms with Crippen LogP contribution in [0.1, 0.15) is 17.2 Å². The zero-order chi connectivity index (χ0) is 12.5. The smallest absolute Gasteiger partial charge is 0.0598 e. The normalized spacial score (nSPS) is 20.1. The lowest BCUT2D eigenvalue weighted by Gasteiger charge is -2.49. The summed E-state index contributed by atoms with van der Waals surface area (Å²) < 4.78 is 5.33. The number of nitrogens with zero attached hydrogens (tertiary/aromatic N) is 1. The molecule has 0 spiro atoms. The zero-order valence-corrected chi connectivity index (χ0v) is 10.8. The third-order valence-electron chi connectivity index (χ3n) is 3.67. The quantitative estimate of drug-likeness (QED) is 0.860. The van der Waals surface area contributed by atoms with Gasteiger partial charge < -0.3 is 14.7 Å². The standard InChI is InChI=1S/C14H21NO2/c1-11-6-4-5-7-12(11)13(15(2)3)14(8-16)9-17-10-14/h4-7,13,16H,8-10H2,1-3H3. The van der Waals surface area contributed by atoms with Gasteiger partial charge in [0, 0.05) is 6.04 Å². The maximum Gasteiger partial charge on any atom is 0.0598 e. The van der Waals surface area contributed by atoms with Crippen molar-refractivity contribution in [2.45, 2.75) is 13.0 Å². The Morgan fingerprint density at radius 3 is 2.41 bits per heavy atom. The maximum absolute atomic E-state index is 9.70. The summed E-state index contributed by atoms with van der Waals surface area (Å²) >= 11 is 0. The van der Waals surface area contributed by atoms with Gasteiger partial charge in [-0.2, -0.15) is 0 Å². The van der Waals surface area contributed by atoms with Crippen LogP contribution in [0.5, 0.6) is 0 Å². The predicted molar refractivity (Wildman–Crippen MR) is 67.9 cm³/mol. The Labute approximate surface area is 103 Å². The van der Waals surface area contributed by atoms with Gasteiger partial charge in [0.25, 0.3) is 0 Å². The highest BCUT2D eigenvalue weighted by atomic mass is 16.5. The summed E-state index contributed by atoms with van der Waals surface area (Å²) in [4.78, 5) is 2.18. The average Bonchev–Trinajstić information content (AvgIpc) is 2.24. The monoisotopic (exact) mass is 235 g/mol. The summed E-state index contributed by atoms with van der Waals surface area (Å²) in [7, 11) is 4.12. The first-order valence-corrected chi connectivity index (χ1v) is 6.01. The summed E-state index contributed by atoms with van der Waals surface area (Å²) in [5.41, 5.74) is 2.41. The van der Waals surface area contributed by atoms with Gasteiger partial charge >= 0.3 is 0 Å². The maximum atomic E-state index is 9.70. The highest BCUT2D eigenvalue weighted by Crippen LogP contribution is 2.43. The van der Waals surface area contributed by atoms with Crippen LogP contribution in [0.4, 0.5) is 0 Å². The predicted octanol–water partition coefficient (Wildman–Crippen LogP) is 1.61. The Kier molecular flexibility index (Phi) is 3.52. The van der Waals surface area contributed by atoms with Crippen LogP contribution in [-0.4, -0.2) is 43.9 Å². The van der Waals surface area contributed by atoms with Crippen LogP contribution in [0, 0.1) is 12.3 Å². The molecule has 1 unspecified atom stereocenters. The van der Waals surface area contributed by atoms with Crippen molar-refractivity contribution in [3.8, 4) is 0 Å². The minimum atomic E-state index is -0.143. The Bertz CT molecular complexity index is 380. The van der Waals surface area contributed by atoms with Gasteiger partial charge in [-0.3, -0.25) is 0 Å². The van der Waals surface area contributed by atoms with E-state index in [1.165, 1.54) is 11.1 Å². The number of rotatable bonds is 4. The zero-order valence-electron chi connectivity index (χ0n) is 10.8. The van der Waals surface area contributed by atoms with E-state index in [0.29, 0.717) is 13.2 Å². The van der Waals surface area contributed by atoms with Gasteiger partial charge in [-0.1, -0.05) is 24.3 Å². The van der Waals surface area contributed by atoms with E-state index in [1.807, 2.05) is 0 Å².